The highest BCUT2D eigenvalue weighted by Gasteiger charge is 2.33. The Labute approximate surface area is 136 Å². The summed E-state index contributed by atoms with van der Waals surface area (Å²) in [7, 11) is 0. The Morgan fingerprint density at radius 1 is 1.48 bits per heavy atom. The fourth-order valence-electron chi connectivity index (χ4n) is 2.96. The molecule has 1 fully saturated rings. The molecule has 116 valence electrons. The summed E-state index contributed by atoms with van der Waals surface area (Å²) < 4.78 is 5.56. The number of benzene rings is 1. The first kappa shape index (κ1) is 16.6. The van der Waals surface area contributed by atoms with Crippen molar-refractivity contribution in [3.63, 3.8) is 0 Å². The van der Waals surface area contributed by atoms with E-state index in [1.54, 1.807) is 0 Å². The van der Waals surface area contributed by atoms with E-state index in [9.17, 15) is 4.79 Å². The minimum atomic E-state index is -0.232. The van der Waals surface area contributed by atoms with E-state index in [4.69, 9.17) is 16.3 Å². The van der Waals surface area contributed by atoms with Gasteiger partial charge in [0, 0.05) is 24.7 Å². The quantitative estimate of drug-likeness (QED) is 0.856. The lowest BCUT2D eigenvalue weighted by Crippen LogP contribution is -2.57. The van der Waals surface area contributed by atoms with Crippen LogP contribution in [0, 0.1) is 0 Å². The number of ether oxygens (including phenoxy) is 1. The number of carbonyl (C=O) groups excluding carboxylic acids is 1. The molecule has 1 amide bonds. The predicted molar refractivity (Wildman–Crippen MR) is 85.0 cm³/mol. The van der Waals surface area contributed by atoms with Gasteiger partial charge in [0.1, 0.15) is 6.04 Å². The summed E-state index contributed by atoms with van der Waals surface area (Å²) >= 11 is 6.21. The van der Waals surface area contributed by atoms with Crippen LogP contribution in [0.3, 0.4) is 0 Å². The molecule has 21 heavy (non-hydrogen) atoms. The summed E-state index contributed by atoms with van der Waals surface area (Å²) in [6, 6.07) is 5.68. The number of carbonyl (C=O) groups is 1. The van der Waals surface area contributed by atoms with Gasteiger partial charge in [0.2, 0.25) is 5.91 Å². The maximum atomic E-state index is 12.6. The van der Waals surface area contributed by atoms with Crippen molar-refractivity contribution < 1.29 is 9.53 Å². The monoisotopic (exact) mass is 330 g/mol. The Hall–Kier alpha value is -0.810. The van der Waals surface area contributed by atoms with E-state index in [1.807, 2.05) is 24.0 Å². The third-order valence-corrected chi connectivity index (χ3v) is 4.46. The molecule has 1 saturated heterocycles. The molecule has 2 heterocycles. The van der Waals surface area contributed by atoms with Crippen LogP contribution in [0.25, 0.3) is 0 Å². The minimum absolute atomic E-state index is 0. The van der Waals surface area contributed by atoms with Crippen LogP contribution in [0.5, 0.6) is 0 Å². The fourth-order valence-corrected chi connectivity index (χ4v) is 3.25. The van der Waals surface area contributed by atoms with Crippen LogP contribution in [0.15, 0.2) is 18.2 Å². The van der Waals surface area contributed by atoms with Crippen LogP contribution < -0.4 is 5.32 Å². The number of amides is 1. The van der Waals surface area contributed by atoms with E-state index in [1.165, 1.54) is 5.56 Å². The molecule has 0 radical (unpaired) electrons. The van der Waals surface area contributed by atoms with E-state index < -0.39 is 0 Å². The van der Waals surface area contributed by atoms with Gasteiger partial charge in [0.15, 0.2) is 0 Å². The molecule has 1 aromatic rings. The van der Waals surface area contributed by atoms with Gasteiger partial charge in [0.05, 0.1) is 12.7 Å². The minimum Gasteiger partial charge on any atom is -0.375 e. The Kier molecular flexibility index (Phi) is 5.49. The highest BCUT2D eigenvalue weighted by atomic mass is 35.5. The average molecular weight is 331 g/mol. The molecular formula is C15H20Cl2N2O2. The Morgan fingerprint density at radius 3 is 3.05 bits per heavy atom. The van der Waals surface area contributed by atoms with Crippen LogP contribution >= 0.6 is 24.0 Å². The second-order valence-electron chi connectivity index (χ2n) is 5.40. The van der Waals surface area contributed by atoms with Crippen LogP contribution in [-0.2, 0) is 22.5 Å². The second kappa shape index (κ2) is 6.97. The number of hydrogen-bond acceptors (Lipinski definition) is 3. The molecule has 0 unspecified atom stereocenters. The van der Waals surface area contributed by atoms with Crippen molar-refractivity contribution in [2.75, 3.05) is 19.7 Å². The fraction of sp³-hybridized carbons (Fsp3) is 0.533. The third kappa shape index (κ3) is 3.34. The second-order valence-corrected chi connectivity index (χ2v) is 5.80. The number of nitrogens with one attached hydrogen (secondary N) is 1. The maximum Gasteiger partial charge on any atom is 0.242 e. The number of hydrogen-bond donors (Lipinski definition) is 1. The van der Waals surface area contributed by atoms with Gasteiger partial charge in [-0.1, -0.05) is 23.7 Å². The predicted octanol–water partition coefficient (Wildman–Crippen LogP) is 2.02. The molecule has 0 aliphatic carbocycles. The largest absolute Gasteiger partial charge is 0.375 e. The number of rotatable bonds is 1. The van der Waals surface area contributed by atoms with E-state index in [0.717, 1.165) is 30.1 Å². The van der Waals surface area contributed by atoms with Crippen molar-refractivity contribution in [3.8, 4) is 0 Å². The third-order valence-electron chi connectivity index (χ3n) is 4.10. The molecule has 3 rings (SSSR count). The van der Waals surface area contributed by atoms with Crippen molar-refractivity contribution in [2.24, 2.45) is 0 Å². The number of halogens is 2. The molecule has 1 N–H and O–H groups in total. The zero-order valence-corrected chi connectivity index (χ0v) is 13.5. The van der Waals surface area contributed by atoms with Gasteiger partial charge in [0.25, 0.3) is 0 Å². The topological polar surface area (TPSA) is 41.6 Å². The normalized spacial score (nSPS) is 25.0. The van der Waals surface area contributed by atoms with Crippen LogP contribution in [-0.4, -0.2) is 42.6 Å². The lowest BCUT2D eigenvalue weighted by Gasteiger charge is -2.36. The smallest absolute Gasteiger partial charge is 0.242 e. The van der Waals surface area contributed by atoms with Crippen molar-refractivity contribution in [3.05, 3.63) is 34.3 Å². The molecule has 6 heteroatoms. The molecule has 2 aliphatic heterocycles. The Morgan fingerprint density at radius 2 is 2.29 bits per heavy atom. The molecule has 2 atom stereocenters. The van der Waals surface area contributed by atoms with Crippen LogP contribution in [0.2, 0.25) is 5.02 Å². The Balaban J connectivity index is 0.00000161. The van der Waals surface area contributed by atoms with E-state index in [0.29, 0.717) is 13.2 Å². The van der Waals surface area contributed by atoms with Gasteiger partial charge in [-0.3, -0.25) is 4.79 Å². The molecular weight excluding hydrogens is 311 g/mol. The molecule has 0 bridgehead atoms. The summed E-state index contributed by atoms with van der Waals surface area (Å²) in [4.78, 5) is 14.5. The van der Waals surface area contributed by atoms with Gasteiger partial charge in [-0.2, -0.15) is 0 Å². The summed E-state index contributed by atoms with van der Waals surface area (Å²) in [6.45, 7) is 4.71. The summed E-state index contributed by atoms with van der Waals surface area (Å²) in [5, 5.41) is 4.07. The molecule has 4 nitrogen and oxygen atoms in total. The average Bonchev–Trinajstić information content (AvgIpc) is 2.47. The lowest BCUT2D eigenvalue weighted by atomic mass is 9.98. The van der Waals surface area contributed by atoms with Crippen LogP contribution in [0.1, 0.15) is 18.1 Å². The number of fused-ring (bicyclic) bond motifs is 1. The first-order chi connectivity index (χ1) is 9.66. The summed E-state index contributed by atoms with van der Waals surface area (Å²) in [5.41, 5.74) is 2.33. The first-order valence-electron chi connectivity index (χ1n) is 7.07. The van der Waals surface area contributed by atoms with E-state index >= 15 is 0 Å². The molecule has 0 saturated carbocycles. The van der Waals surface area contributed by atoms with Crippen molar-refractivity contribution >= 4 is 29.9 Å². The summed E-state index contributed by atoms with van der Waals surface area (Å²) in [5.74, 6) is 0.128. The van der Waals surface area contributed by atoms with Gasteiger partial charge in [-0.15, -0.1) is 12.4 Å². The number of morpholine rings is 1. The highest BCUT2D eigenvalue weighted by Crippen LogP contribution is 2.26. The summed E-state index contributed by atoms with van der Waals surface area (Å²) in [6.07, 6.45) is 0.750. The van der Waals surface area contributed by atoms with Gasteiger partial charge >= 0.3 is 0 Å². The molecule has 0 aromatic heterocycles. The zero-order chi connectivity index (χ0) is 14.1. The molecule has 1 aromatic carbocycles. The Bertz CT molecular complexity index is 524. The van der Waals surface area contributed by atoms with E-state index in [2.05, 4.69) is 11.4 Å². The van der Waals surface area contributed by atoms with Gasteiger partial charge in [-0.05, 0) is 30.5 Å². The van der Waals surface area contributed by atoms with Crippen molar-refractivity contribution in [1.29, 1.82) is 0 Å². The number of nitrogens with zero attached hydrogens (tertiary/aromatic N) is 1. The zero-order valence-electron chi connectivity index (χ0n) is 12.0. The SMILES string of the molecule is C[C@H]1OCCN[C@@H]1C(=O)N1CCc2c(Cl)cccc2C1.Cl. The lowest BCUT2D eigenvalue weighted by molar-refractivity contribution is -0.140. The van der Waals surface area contributed by atoms with Crippen molar-refractivity contribution in [1.82, 2.24) is 10.2 Å². The molecule has 2 aliphatic rings. The van der Waals surface area contributed by atoms with Crippen molar-refractivity contribution in [2.45, 2.75) is 32.0 Å². The molecule has 0 spiro atoms. The van der Waals surface area contributed by atoms with E-state index in [-0.39, 0.29) is 30.5 Å². The standard InChI is InChI=1S/C15H19ClN2O2.ClH/c1-10-14(17-6-8-20-10)15(19)18-7-5-12-11(9-18)3-2-4-13(12)16;/h2-4,10,14,17H,5-9H2,1H3;1H/t10-,14+;/m1./s1. The van der Waals surface area contributed by atoms with Crippen LogP contribution in [0.4, 0.5) is 0 Å². The van der Waals surface area contributed by atoms with Gasteiger partial charge < -0.3 is 15.0 Å². The van der Waals surface area contributed by atoms with Gasteiger partial charge in [-0.25, -0.2) is 0 Å². The highest BCUT2D eigenvalue weighted by molar-refractivity contribution is 6.31. The first-order valence-corrected chi connectivity index (χ1v) is 7.44. The maximum absolute atomic E-state index is 12.6.